The molecule has 5 heteroatoms. The summed E-state index contributed by atoms with van der Waals surface area (Å²) in [5.41, 5.74) is 9.90. The largest absolute Gasteiger partial charge is 0.455 e. The lowest BCUT2D eigenvalue weighted by Gasteiger charge is -2.17. The molecule has 0 unspecified atom stereocenters. The van der Waals surface area contributed by atoms with E-state index in [4.69, 9.17) is 19.4 Å². The second-order valence-corrected chi connectivity index (χ2v) is 15.9. The van der Waals surface area contributed by atoms with Crippen LogP contribution < -0.4 is 0 Å². The van der Waals surface area contributed by atoms with Gasteiger partial charge < -0.3 is 8.98 Å². The van der Waals surface area contributed by atoms with Gasteiger partial charge in [0.1, 0.15) is 11.2 Å². The standard InChI is InChI=1S/C57H34N4O/c1-2-16-37(17-3-1)55-58-56(60-57(59-55)45-25-12-20-35-14-6-8-21-41(35)45)40-29-31-50(61-49-26-11-10-23-43(49)47-32-38-18-4-5-19-39(38)34-51(47)61)48(33-40)44-24-13-27-52-53(44)46-30-28-36-15-7-9-22-42(36)54(46)62-52/h1-34H. The van der Waals surface area contributed by atoms with Crippen molar-refractivity contribution in [1.29, 1.82) is 0 Å². The highest BCUT2D eigenvalue weighted by Crippen LogP contribution is 2.44. The Labute approximate surface area is 355 Å². The zero-order valence-corrected chi connectivity index (χ0v) is 33.3. The lowest BCUT2D eigenvalue weighted by Crippen LogP contribution is -2.02. The van der Waals surface area contributed by atoms with Gasteiger partial charge in [-0.1, -0.05) is 158 Å². The van der Waals surface area contributed by atoms with E-state index >= 15 is 0 Å². The van der Waals surface area contributed by atoms with Gasteiger partial charge in [0, 0.05) is 49.2 Å². The van der Waals surface area contributed by atoms with Crippen molar-refractivity contribution in [3.8, 4) is 51.0 Å². The number of hydrogen-bond acceptors (Lipinski definition) is 4. The highest BCUT2D eigenvalue weighted by Gasteiger charge is 2.22. The average Bonchev–Trinajstić information content (AvgIpc) is 3.89. The number of aromatic nitrogens is 4. The fraction of sp³-hybridized carbons (Fsp3) is 0. The van der Waals surface area contributed by atoms with Crippen LogP contribution in [0.2, 0.25) is 0 Å². The summed E-state index contributed by atoms with van der Waals surface area (Å²) in [6.45, 7) is 0. The molecule has 0 spiro atoms. The first kappa shape index (κ1) is 34.5. The Kier molecular flexibility index (Phi) is 7.54. The van der Waals surface area contributed by atoms with Crippen LogP contribution in [-0.4, -0.2) is 19.5 Å². The summed E-state index contributed by atoms with van der Waals surface area (Å²) >= 11 is 0. The molecule has 13 aromatic rings. The van der Waals surface area contributed by atoms with Gasteiger partial charge >= 0.3 is 0 Å². The van der Waals surface area contributed by atoms with Crippen LogP contribution in [0.15, 0.2) is 211 Å². The molecule has 62 heavy (non-hydrogen) atoms. The minimum atomic E-state index is 0.595. The first-order chi connectivity index (χ1) is 30.7. The molecule has 0 N–H and O–H groups in total. The van der Waals surface area contributed by atoms with E-state index < -0.39 is 0 Å². The molecule has 3 heterocycles. The van der Waals surface area contributed by atoms with Gasteiger partial charge in [-0.05, 0) is 81.0 Å². The zero-order chi connectivity index (χ0) is 40.7. The van der Waals surface area contributed by atoms with Crippen molar-refractivity contribution in [1.82, 2.24) is 19.5 Å². The highest BCUT2D eigenvalue weighted by molar-refractivity contribution is 6.20. The Hall–Kier alpha value is -8.41. The number of rotatable bonds is 5. The number of nitrogens with zero attached hydrogens (tertiary/aromatic N) is 4. The van der Waals surface area contributed by atoms with E-state index in [1.54, 1.807) is 0 Å². The van der Waals surface area contributed by atoms with Crippen LogP contribution in [0.25, 0.3) is 127 Å². The fourth-order valence-corrected chi connectivity index (χ4v) is 9.54. The van der Waals surface area contributed by atoms with E-state index in [0.717, 1.165) is 88.0 Å². The molecular weight excluding hydrogens is 757 g/mol. The van der Waals surface area contributed by atoms with Gasteiger partial charge in [0.05, 0.1) is 16.7 Å². The summed E-state index contributed by atoms with van der Waals surface area (Å²) in [5.74, 6) is 1.84. The van der Waals surface area contributed by atoms with Crippen LogP contribution in [0.5, 0.6) is 0 Å². The monoisotopic (exact) mass is 790 g/mol. The van der Waals surface area contributed by atoms with Crippen molar-refractivity contribution in [3.63, 3.8) is 0 Å². The van der Waals surface area contributed by atoms with E-state index in [9.17, 15) is 0 Å². The Bertz CT molecular complexity index is 3930. The number of benzene rings is 10. The van der Waals surface area contributed by atoms with E-state index in [0.29, 0.717) is 17.5 Å². The number of para-hydroxylation sites is 1. The molecule has 10 aromatic carbocycles. The van der Waals surface area contributed by atoms with Crippen molar-refractivity contribution >= 4 is 76.1 Å². The molecule has 13 rings (SSSR count). The van der Waals surface area contributed by atoms with E-state index in [-0.39, 0.29) is 0 Å². The third-order valence-electron chi connectivity index (χ3n) is 12.4. The first-order valence-electron chi connectivity index (χ1n) is 20.9. The topological polar surface area (TPSA) is 56.7 Å². The Morgan fingerprint density at radius 1 is 0.339 bits per heavy atom. The minimum absolute atomic E-state index is 0.595. The molecule has 0 aliphatic heterocycles. The van der Waals surface area contributed by atoms with Crippen LogP contribution in [0.4, 0.5) is 0 Å². The second-order valence-electron chi connectivity index (χ2n) is 15.9. The fourth-order valence-electron chi connectivity index (χ4n) is 9.54. The summed E-state index contributed by atoms with van der Waals surface area (Å²) in [7, 11) is 0. The van der Waals surface area contributed by atoms with Gasteiger partial charge in [0.2, 0.25) is 0 Å². The maximum atomic E-state index is 6.79. The van der Waals surface area contributed by atoms with Crippen molar-refractivity contribution in [2.24, 2.45) is 0 Å². The van der Waals surface area contributed by atoms with Gasteiger partial charge in [-0.2, -0.15) is 0 Å². The van der Waals surface area contributed by atoms with Crippen molar-refractivity contribution < 1.29 is 4.42 Å². The number of furan rings is 1. The lowest BCUT2D eigenvalue weighted by molar-refractivity contribution is 0.673. The van der Waals surface area contributed by atoms with E-state index in [1.807, 2.05) is 18.2 Å². The Morgan fingerprint density at radius 3 is 1.81 bits per heavy atom. The Morgan fingerprint density at radius 2 is 0.968 bits per heavy atom. The quantitative estimate of drug-likeness (QED) is 0.174. The van der Waals surface area contributed by atoms with Crippen LogP contribution in [0, 0.1) is 0 Å². The molecule has 0 bridgehead atoms. The predicted molar refractivity (Wildman–Crippen MR) is 256 cm³/mol. The minimum Gasteiger partial charge on any atom is -0.455 e. The first-order valence-corrected chi connectivity index (χ1v) is 20.9. The summed E-state index contributed by atoms with van der Waals surface area (Å²) in [5, 5.41) is 11.4. The summed E-state index contributed by atoms with van der Waals surface area (Å²) < 4.78 is 9.21. The van der Waals surface area contributed by atoms with Crippen molar-refractivity contribution in [2.45, 2.75) is 0 Å². The van der Waals surface area contributed by atoms with Crippen LogP contribution in [0.3, 0.4) is 0 Å². The number of fused-ring (bicyclic) bond motifs is 10. The SMILES string of the molecule is c1ccc(-c2nc(-c3ccc(-n4c5ccccc5c5cc6ccccc6cc54)c(-c4cccc5oc6c7ccccc7ccc6c45)c3)nc(-c3cccc4ccccc34)n2)cc1. The smallest absolute Gasteiger partial charge is 0.164 e. The van der Waals surface area contributed by atoms with E-state index in [2.05, 4.69) is 193 Å². The average molecular weight is 791 g/mol. The summed E-state index contributed by atoms with van der Waals surface area (Å²) in [6.07, 6.45) is 0. The van der Waals surface area contributed by atoms with Gasteiger partial charge in [-0.25, -0.2) is 15.0 Å². The Balaban J connectivity index is 1.13. The molecule has 288 valence electrons. The third kappa shape index (κ3) is 5.32. The molecule has 0 fully saturated rings. The molecule has 0 saturated carbocycles. The van der Waals surface area contributed by atoms with Gasteiger partial charge in [0.25, 0.3) is 0 Å². The molecule has 3 aromatic heterocycles. The second kappa shape index (κ2) is 13.6. The molecular formula is C57H34N4O. The van der Waals surface area contributed by atoms with Gasteiger partial charge in [0.15, 0.2) is 17.5 Å². The van der Waals surface area contributed by atoms with Gasteiger partial charge in [-0.3, -0.25) is 0 Å². The van der Waals surface area contributed by atoms with Gasteiger partial charge in [-0.15, -0.1) is 0 Å². The molecule has 5 nitrogen and oxygen atoms in total. The van der Waals surface area contributed by atoms with Crippen molar-refractivity contribution in [3.05, 3.63) is 206 Å². The maximum absolute atomic E-state index is 6.79. The molecule has 0 aliphatic carbocycles. The van der Waals surface area contributed by atoms with Crippen molar-refractivity contribution in [2.75, 3.05) is 0 Å². The summed E-state index contributed by atoms with van der Waals surface area (Å²) in [6, 6.07) is 72.8. The molecule has 0 atom stereocenters. The zero-order valence-electron chi connectivity index (χ0n) is 33.3. The lowest BCUT2D eigenvalue weighted by atomic mass is 9.95. The number of hydrogen-bond donors (Lipinski definition) is 0. The molecule has 0 amide bonds. The van der Waals surface area contributed by atoms with E-state index in [1.165, 1.54) is 21.5 Å². The van der Waals surface area contributed by atoms with Crippen LogP contribution in [-0.2, 0) is 0 Å². The third-order valence-corrected chi connectivity index (χ3v) is 12.4. The van der Waals surface area contributed by atoms with Crippen LogP contribution in [0.1, 0.15) is 0 Å². The maximum Gasteiger partial charge on any atom is 0.164 e. The summed E-state index contributed by atoms with van der Waals surface area (Å²) in [4.78, 5) is 15.7. The predicted octanol–water partition coefficient (Wildman–Crippen LogP) is 15.0. The highest BCUT2D eigenvalue weighted by atomic mass is 16.3. The molecule has 0 radical (unpaired) electrons. The normalized spacial score (nSPS) is 11.9. The van der Waals surface area contributed by atoms with Crippen LogP contribution >= 0.6 is 0 Å². The molecule has 0 saturated heterocycles. The molecule has 0 aliphatic rings.